The molecule has 150 valence electrons. The third kappa shape index (κ3) is 5.25. The zero-order chi connectivity index (χ0) is 19.8. The van der Waals surface area contributed by atoms with Crippen LogP contribution in [0.15, 0.2) is 42.5 Å². The standard InChI is InChI=1S/C26H36N2/c1-4-5-6-7-8-9-10-11-14-19-28-25-16-13-12-15-24(25)27-26(28)23-18-17-21(2)20-22(23)3/h12-13,15-18,20H,4-11,14,19H2,1-3H3. The average molecular weight is 377 g/mol. The van der Waals surface area contributed by atoms with Gasteiger partial charge in [-0.2, -0.15) is 0 Å². The molecule has 2 nitrogen and oxygen atoms in total. The van der Waals surface area contributed by atoms with E-state index in [1.165, 1.54) is 80.0 Å². The molecule has 0 saturated heterocycles. The predicted molar refractivity (Wildman–Crippen MR) is 122 cm³/mol. The molecule has 0 bridgehead atoms. The second-order valence-corrected chi connectivity index (χ2v) is 8.22. The molecule has 0 atom stereocenters. The fourth-order valence-corrected chi connectivity index (χ4v) is 4.15. The Morgan fingerprint density at radius 1 is 0.786 bits per heavy atom. The lowest BCUT2D eigenvalue weighted by atomic mass is 10.0. The number of hydrogen-bond donors (Lipinski definition) is 0. The number of rotatable bonds is 11. The Balaban J connectivity index is 1.65. The number of benzene rings is 2. The van der Waals surface area contributed by atoms with Gasteiger partial charge in [0.1, 0.15) is 5.82 Å². The summed E-state index contributed by atoms with van der Waals surface area (Å²) in [7, 11) is 0. The predicted octanol–water partition coefficient (Wildman–Crippen LogP) is 7.85. The number of imidazole rings is 1. The van der Waals surface area contributed by atoms with Crippen molar-refractivity contribution >= 4 is 11.0 Å². The van der Waals surface area contributed by atoms with Crippen LogP contribution in [0.4, 0.5) is 0 Å². The maximum absolute atomic E-state index is 4.99. The SMILES string of the molecule is CCCCCCCCCCCn1c(-c2ccc(C)cc2C)nc2ccccc21. The summed E-state index contributed by atoms with van der Waals surface area (Å²) in [5, 5.41) is 0. The minimum absolute atomic E-state index is 1.05. The summed E-state index contributed by atoms with van der Waals surface area (Å²) in [6, 6.07) is 15.3. The van der Waals surface area contributed by atoms with E-state index in [4.69, 9.17) is 4.98 Å². The quantitative estimate of drug-likeness (QED) is 0.311. The topological polar surface area (TPSA) is 17.8 Å². The Labute approximate surface area is 171 Å². The van der Waals surface area contributed by atoms with Crippen LogP contribution in [0, 0.1) is 13.8 Å². The van der Waals surface area contributed by atoms with Gasteiger partial charge in [-0.15, -0.1) is 0 Å². The number of para-hydroxylation sites is 2. The maximum atomic E-state index is 4.99. The summed E-state index contributed by atoms with van der Waals surface area (Å²) in [5.41, 5.74) is 6.25. The Morgan fingerprint density at radius 3 is 2.18 bits per heavy atom. The van der Waals surface area contributed by atoms with E-state index in [9.17, 15) is 0 Å². The van der Waals surface area contributed by atoms with Gasteiger partial charge >= 0.3 is 0 Å². The number of aryl methyl sites for hydroxylation is 3. The summed E-state index contributed by atoms with van der Waals surface area (Å²) in [6.45, 7) is 7.69. The van der Waals surface area contributed by atoms with E-state index in [1.54, 1.807) is 0 Å². The van der Waals surface area contributed by atoms with Crippen LogP contribution in [-0.2, 0) is 6.54 Å². The van der Waals surface area contributed by atoms with E-state index in [2.05, 4.69) is 67.8 Å². The van der Waals surface area contributed by atoms with Crippen LogP contribution in [0.5, 0.6) is 0 Å². The lowest BCUT2D eigenvalue weighted by molar-refractivity contribution is 0.543. The molecule has 0 amide bonds. The summed E-state index contributed by atoms with van der Waals surface area (Å²) in [4.78, 5) is 4.99. The monoisotopic (exact) mass is 376 g/mol. The fraction of sp³-hybridized carbons (Fsp3) is 0.500. The first-order chi connectivity index (χ1) is 13.7. The molecule has 0 unspecified atom stereocenters. The first kappa shape index (κ1) is 20.6. The van der Waals surface area contributed by atoms with Crippen molar-refractivity contribution in [3.8, 4) is 11.4 Å². The zero-order valence-corrected chi connectivity index (χ0v) is 18.0. The Hall–Kier alpha value is -2.09. The van der Waals surface area contributed by atoms with Gasteiger partial charge in [0, 0.05) is 12.1 Å². The molecule has 2 aromatic carbocycles. The minimum atomic E-state index is 1.05. The van der Waals surface area contributed by atoms with Crippen molar-refractivity contribution in [1.29, 1.82) is 0 Å². The third-order valence-corrected chi connectivity index (χ3v) is 5.76. The molecule has 0 radical (unpaired) electrons. The molecule has 0 fully saturated rings. The van der Waals surface area contributed by atoms with Gasteiger partial charge in [0.25, 0.3) is 0 Å². The smallest absolute Gasteiger partial charge is 0.141 e. The minimum Gasteiger partial charge on any atom is -0.324 e. The van der Waals surface area contributed by atoms with Gasteiger partial charge in [0.15, 0.2) is 0 Å². The Kier molecular flexibility index (Phi) is 7.71. The van der Waals surface area contributed by atoms with Gasteiger partial charge in [-0.05, 0) is 38.0 Å². The van der Waals surface area contributed by atoms with Gasteiger partial charge in [-0.3, -0.25) is 0 Å². The molecule has 3 rings (SSSR count). The maximum Gasteiger partial charge on any atom is 0.141 e. The normalized spacial score (nSPS) is 11.4. The molecule has 0 aliphatic rings. The number of fused-ring (bicyclic) bond motifs is 1. The average Bonchev–Trinajstić information content (AvgIpc) is 3.05. The van der Waals surface area contributed by atoms with Crippen molar-refractivity contribution in [3.05, 3.63) is 53.6 Å². The number of hydrogen-bond acceptors (Lipinski definition) is 1. The number of unbranched alkanes of at least 4 members (excludes halogenated alkanes) is 8. The third-order valence-electron chi connectivity index (χ3n) is 5.76. The summed E-state index contributed by atoms with van der Waals surface area (Å²) >= 11 is 0. The van der Waals surface area contributed by atoms with Gasteiger partial charge in [0.05, 0.1) is 11.0 Å². The first-order valence-corrected chi connectivity index (χ1v) is 11.2. The molecule has 1 aromatic heterocycles. The van der Waals surface area contributed by atoms with Gasteiger partial charge in [-0.25, -0.2) is 4.98 Å². The summed E-state index contributed by atoms with van der Waals surface area (Å²) in [5.74, 6) is 1.12. The molecule has 0 aliphatic heterocycles. The van der Waals surface area contributed by atoms with Gasteiger partial charge < -0.3 is 4.57 Å². The second-order valence-electron chi connectivity index (χ2n) is 8.22. The van der Waals surface area contributed by atoms with E-state index < -0.39 is 0 Å². The fourth-order valence-electron chi connectivity index (χ4n) is 4.15. The molecular formula is C26H36N2. The van der Waals surface area contributed by atoms with Crippen molar-refractivity contribution in [2.75, 3.05) is 0 Å². The van der Waals surface area contributed by atoms with Gasteiger partial charge in [-0.1, -0.05) is 94.2 Å². The van der Waals surface area contributed by atoms with Gasteiger partial charge in [0.2, 0.25) is 0 Å². The number of nitrogens with zero attached hydrogens (tertiary/aromatic N) is 2. The highest BCUT2D eigenvalue weighted by Crippen LogP contribution is 2.28. The van der Waals surface area contributed by atoms with E-state index in [-0.39, 0.29) is 0 Å². The van der Waals surface area contributed by atoms with E-state index in [0.29, 0.717) is 0 Å². The molecule has 0 saturated carbocycles. The van der Waals surface area contributed by atoms with Crippen molar-refractivity contribution in [2.45, 2.75) is 85.1 Å². The van der Waals surface area contributed by atoms with Crippen LogP contribution < -0.4 is 0 Å². The zero-order valence-electron chi connectivity index (χ0n) is 18.0. The molecule has 3 aromatic rings. The molecular weight excluding hydrogens is 340 g/mol. The van der Waals surface area contributed by atoms with Crippen LogP contribution in [0.3, 0.4) is 0 Å². The van der Waals surface area contributed by atoms with Crippen LogP contribution in [0.25, 0.3) is 22.4 Å². The Morgan fingerprint density at radius 2 is 1.46 bits per heavy atom. The van der Waals surface area contributed by atoms with E-state index in [1.807, 2.05) is 0 Å². The molecule has 2 heteroatoms. The van der Waals surface area contributed by atoms with Crippen LogP contribution in [-0.4, -0.2) is 9.55 Å². The van der Waals surface area contributed by atoms with Crippen LogP contribution in [0.1, 0.15) is 75.8 Å². The number of aromatic nitrogens is 2. The molecule has 28 heavy (non-hydrogen) atoms. The largest absolute Gasteiger partial charge is 0.324 e. The van der Waals surface area contributed by atoms with Crippen molar-refractivity contribution in [1.82, 2.24) is 9.55 Å². The highest BCUT2D eigenvalue weighted by molar-refractivity contribution is 5.81. The van der Waals surface area contributed by atoms with Crippen molar-refractivity contribution in [3.63, 3.8) is 0 Å². The molecule has 0 spiro atoms. The molecule has 1 heterocycles. The summed E-state index contributed by atoms with van der Waals surface area (Å²) < 4.78 is 2.44. The summed E-state index contributed by atoms with van der Waals surface area (Å²) in [6.07, 6.45) is 12.3. The molecule has 0 aliphatic carbocycles. The second kappa shape index (κ2) is 10.5. The van der Waals surface area contributed by atoms with E-state index >= 15 is 0 Å². The van der Waals surface area contributed by atoms with E-state index in [0.717, 1.165) is 17.9 Å². The van der Waals surface area contributed by atoms with Crippen LogP contribution in [0.2, 0.25) is 0 Å². The van der Waals surface area contributed by atoms with Crippen LogP contribution >= 0.6 is 0 Å². The van der Waals surface area contributed by atoms with Crippen molar-refractivity contribution in [2.24, 2.45) is 0 Å². The lowest BCUT2D eigenvalue weighted by Crippen LogP contribution is -2.02. The Bertz CT molecular complexity index is 875. The highest BCUT2D eigenvalue weighted by atomic mass is 15.1. The first-order valence-electron chi connectivity index (χ1n) is 11.2. The highest BCUT2D eigenvalue weighted by Gasteiger charge is 2.14. The lowest BCUT2D eigenvalue weighted by Gasteiger charge is -2.12. The van der Waals surface area contributed by atoms with Crippen molar-refractivity contribution < 1.29 is 0 Å². The molecule has 0 N–H and O–H groups in total.